The van der Waals surface area contributed by atoms with E-state index >= 15 is 0 Å². The molecule has 230 valence electrons. The van der Waals surface area contributed by atoms with E-state index in [0.29, 0.717) is 48.8 Å². The number of rotatable bonds is 8. The Balaban J connectivity index is 1.32. The van der Waals surface area contributed by atoms with Crippen LogP contribution in [0, 0.1) is 0 Å². The maximum absolute atomic E-state index is 13.5. The molecule has 1 saturated heterocycles. The maximum atomic E-state index is 13.5. The number of carbonyl (C=O) groups excluding carboxylic acids is 3. The van der Waals surface area contributed by atoms with Crippen molar-refractivity contribution in [3.05, 3.63) is 77.1 Å². The number of likely N-dealkylation sites (N-methyl/N-ethyl adjacent to an activating group) is 1. The topological polar surface area (TPSA) is 116 Å². The fourth-order valence-corrected chi connectivity index (χ4v) is 5.35. The standard InChI is InChI=1S/C33H40N8O3/c1-6-23-18-25(28-13-10-24(21-34-28)32(43)38(3)4)19-27-29(37-41(7-2)30(23)27)31(42)35-20-22-8-11-26(12-9-22)36-33(44)40-16-14-39(5)15-17-40/h8-13,18-19,21H,6-7,14-17,20H2,1-5H3,(H,35,42)(H,36,44). The molecule has 1 aliphatic heterocycles. The summed E-state index contributed by atoms with van der Waals surface area (Å²) in [5, 5.41) is 11.4. The number of hydrogen-bond donors (Lipinski definition) is 2. The summed E-state index contributed by atoms with van der Waals surface area (Å²) in [4.78, 5) is 48.5. The monoisotopic (exact) mass is 596 g/mol. The van der Waals surface area contributed by atoms with Gasteiger partial charge in [-0.25, -0.2) is 4.79 Å². The zero-order chi connectivity index (χ0) is 31.4. The molecule has 3 heterocycles. The van der Waals surface area contributed by atoms with E-state index in [1.807, 2.05) is 52.9 Å². The predicted molar refractivity (Wildman–Crippen MR) is 172 cm³/mol. The Morgan fingerprint density at radius 3 is 2.30 bits per heavy atom. The van der Waals surface area contributed by atoms with Gasteiger partial charge in [-0.2, -0.15) is 5.10 Å². The first-order valence-corrected chi connectivity index (χ1v) is 15.0. The van der Waals surface area contributed by atoms with Crippen molar-refractivity contribution in [1.82, 2.24) is 34.8 Å². The molecule has 0 atom stereocenters. The number of pyridine rings is 1. The molecule has 0 unspecified atom stereocenters. The van der Waals surface area contributed by atoms with Gasteiger partial charge in [0.1, 0.15) is 0 Å². The number of carbonyl (C=O) groups is 3. The first kappa shape index (κ1) is 30.7. The van der Waals surface area contributed by atoms with Crippen LogP contribution in [0.15, 0.2) is 54.7 Å². The highest BCUT2D eigenvalue weighted by Gasteiger charge is 2.21. The molecule has 0 bridgehead atoms. The predicted octanol–water partition coefficient (Wildman–Crippen LogP) is 4.09. The molecular weight excluding hydrogens is 556 g/mol. The van der Waals surface area contributed by atoms with Crippen LogP contribution in [-0.2, 0) is 19.5 Å². The van der Waals surface area contributed by atoms with Crippen LogP contribution in [-0.4, -0.2) is 94.6 Å². The second kappa shape index (κ2) is 13.3. The molecule has 0 saturated carbocycles. The first-order chi connectivity index (χ1) is 21.2. The van der Waals surface area contributed by atoms with Crippen molar-refractivity contribution in [1.29, 1.82) is 0 Å². The van der Waals surface area contributed by atoms with Crippen molar-refractivity contribution in [3.63, 3.8) is 0 Å². The van der Waals surface area contributed by atoms with Crippen molar-refractivity contribution in [2.75, 3.05) is 52.6 Å². The van der Waals surface area contributed by atoms with Gasteiger partial charge in [-0.3, -0.25) is 19.3 Å². The summed E-state index contributed by atoms with van der Waals surface area (Å²) in [5.74, 6) is -0.379. The van der Waals surface area contributed by atoms with Gasteiger partial charge in [0.05, 0.1) is 16.8 Å². The Hall–Kier alpha value is -4.77. The van der Waals surface area contributed by atoms with Gasteiger partial charge < -0.3 is 25.3 Å². The third-order valence-corrected chi connectivity index (χ3v) is 7.98. The Kier molecular flexibility index (Phi) is 9.24. The van der Waals surface area contributed by atoms with E-state index in [1.165, 1.54) is 4.90 Å². The molecule has 2 aromatic heterocycles. The van der Waals surface area contributed by atoms with Gasteiger partial charge in [0, 0.05) is 76.2 Å². The van der Waals surface area contributed by atoms with E-state index < -0.39 is 0 Å². The third-order valence-electron chi connectivity index (χ3n) is 7.98. The quantitative estimate of drug-likeness (QED) is 0.317. The van der Waals surface area contributed by atoms with Gasteiger partial charge in [0.25, 0.3) is 11.8 Å². The molecule has 11 nitrogen and oxygen atoms in total. The Bertz CT molecular complexity index is 1650. The number of anilines is 1. The number of hydrogen-bond acceptors (Lipinski definition) is 6. The highest BCUT2D eigenvalue weighted by atomic mass is 16.2. The molecule has 4 aromatic rings. The van der Waals surface area contributed by atoms with Crippen molar-refractivity contribution >= 4 is 34.4 Å². The Morgan fingerprint density at radius 1 is 0.955 bits per heavy atom. The minimum absolute atomic E-state index is 0.100. The highest BCUT2D eigenvalue weighted by molar-refractivity contribution is 6.06. The van der Waals surface area contributed by atoms with Gasteiger partial charge in [0.2, 0.25) is 0 Å². The average molecular weight is 597 g/mol. The molecule has 0 radical (unpaired) electrons. The summed E-state index contributed by atoms with van der Waals surface area (Å²) in [5.41, 5.74) is 6.06. The van der Waals surface area contributed by atoms with Gasteiger partial charge in [-0.05, 0) is 67.9 Å². The molecule has 11 heteroatoms. The summed E-state index contributed by atoms with van der Waals surface area (Å²) in [6.07, 6.45) is 2.34. The third kappa shape index (κ3) is 6.57. The number of nitrogens with zero attached hydrogens (tertiary/aromatic N) is 6. The molecular formula is C33H40N8O3. The summed E-state index contributed by atoms with van der Waals surface area (Å²) in [7, 11) is 5.47. The smallest absolute Gasteiger partial charge is 0.321 e. The van der Waals surface area contributed by atoms with E-state index in [2.05, 4.69) is 40.6 Å². The SMILES string of the molecule is CCc1cc(-c2ccc(C(=O)N(C)C)cn2)cc2c(C(=O)NCc3ccc(NC(=O)N4CCN(C)CC4)cc3)nn(CC)c12. The van der Waals surface area contributed by atoms with Crippen molar-refractivity contribution in [2.24, 2.45) is 0 Å². The molecule has 2 aromatic carbocycles. The minimum Gasteiger partial charge on any atom is -0.347 e. The normalized spacial score (nSPS) is 13.6. The second-order valence-corrected chi connectivity index (χ2v) is 11.3. The van der Waals surface area contributed by atoms with Gasteiger partial charge >= 0.3 is 6.03 Å². The molecule has 1 aliphatic rings. The Labute approximate surface area is 257 Å². The van der Waals surface area contributed by atoms with Gasteiger partial charge in [-0.1, -0.05) is 19.1 Å². The zero-order valence-corrected chi connectivity index (χ0v) is 26.1. The largest absolute Gasteiger partial charge is 0.347 e. The number of fused-ring (bicyclic) bond motifs is 1. The maximum Gasteiger partial charge on any atom is 0.321 e. The van der Waals surface area contributed by atoms with Crippen molar-refractivity contribution < 1.29 is 14.4 Å². The van der Waals surface area contributed by atoms with Crippen LogP contribution in [0.3, 0.4) is 0 Å². The summed E-state index contributed by atoms with van der Waals surface area (Å²) < 4.78 is 1.87. The van der Waals surface area contributed by atoms with E-state index in [0.717, 1.165) is 47.1 Å². The number of aromatic nitrogens is 3. The van der Waals surface area contributed by atoms with E-state index in [-0.39, 0.29) is 17.8 Å². The molecule has 0 spiro atoms. The zero-order valence-electron chi connectivity index (χ0n) is 26.1. The van der Waals surface area contributed by atoms with Crippen LogP contribution in [0.2, 0.25) is 0 Å². The number of benzene rings is 2. The van der Waals surface area contributed by atoms with Crippen molar-refractivity contribution in [3.8, 4) is 11.3 Å². The first-order valence-electron chi connectivity index (χ1n) is 15.0. The van der Waals surface area contributed by atoms with Crippen LogP contribution < -0.4 is 10.6 Å². The van der Waals surface area contributed by atoms with Gasteiger partial charge in [0.15, 0.2) is 5.69 Å². The Morgan fingerprint density at radius 2 is 1.68 bits per heavy atom. The highest BCUT2D eigenvalue weighted by Crippen LogP contribution is 2.30. The number of amides is 4. The average Bonchev–Trinajstić information content (AvgIpc) is 3.42. The fraction of sp³-hybridized carbons (Fsp3) is 0.364. The second-order valence-electron chi connectivity index (χ2n) is 11.3. The molecule has 1 fully saturated rings. The molecule has 44 heavy (non-hydrogen) atoms. The number of piperazine rings is 1. The lowest BCUT2D eigenvalue weighted by Gasteiger charge is -2.32. The van der Waals surface area contributed by atoms with E-state index in [1.54, 1.807) is 26.4 Å². The van der Waals surface area contributed by atoms with E-state index in [9.17, 15) is 14.4 Å². The van der Waals surface area contributed by atoms with Crippen molar-refractivity contribution in [2.45, 2.75) is 33.4 Å². The lowest BCUT2D eigenvalue weighted by atomic mass is 10.00. The molecule has 2 N–H and O–H groups in total. The lowest BCUT2D eigenvalue weighted by molar-refractivity contribution is 0.0826. The fourth-order valence-electron chi connectivity index (χ4n) is 5.35. The molecule has 4 amide bonds. The molecule has 5 rings (SSSR count). The van der Waals surface area contributed by atoms with Crippen LogP contribution in [0.4, 0.5) is 10.5 Å². The summed E-state index contributed by atoms with van der Waals surface area (Å²) in [6.45, 7) is 8.16. The number of aryl methyl sites for hydroxylation is 2. The van der Waals surface area contributed by atoms with Crippen LogP contribution in [0.5, 0.6) is 0 Å². The lowest BCUT2D eigenvalue weighted by Crippen LogP contribution is -2.48. The van der Waals surface area contributed by atoms with Crippen LogP contribution >= 0.6 is 0 Å². The van der Waals surface area contributed by atoms with Gasteiger partial charge in [-0.15, -0.1) is 0 Å². The molecule has 0 aliphatic carbocycles. The van der Waals surface area contributed by atoms with Crippen LogP contribution in [0.25, 0.3) is 22.2 Å². The number of nitrogens with one attached hydrogen (secondary N) is 2. The van der Waals surface area contributed by atoms with E-state index in [4.69, 9.17) is 5.10 Å². The number of urea groups is 1. The summed E-state index contributed by atoms with van der Waals surface area (Å²) in [6, 6.07) is 15.0. The summed E-state index contributed by atoms with van der Waals surface area (Å²) >= 11 is 0. The minimum atomic E-state index is -0.270. The van der Waals surface area contributed by atoms with Crippen LogP contribution in [0.1, 0.15) is 45.8 Å².